The quantitative estimate of drug-likeness (QED) is 0.284. The largest absolute Gasteiger partial charge is 0.416 e. The van der Waals surface area contributed by atoms with Crippen molar-refractivity contribution in [3.63, 3.8) is 0 Å². The third-order valence-electron chi connectivity index (χ3n) is 6.89. The van der Waals surface area contributed by atoms with Crippen molar-refractivity contribution < 1.29 is 13.2 Å². The molecule has 200 valence electrons. The van der Waals surface area contributed by atoms with Crippen LogP contribution in [-0.4, -0.2) is 57.6 Å². The van der Waals surface area contributed by atoms with Gasteiger partial charge in [0.15, 0.2) is 22.8 Å². The predicted molar refractivity (Wildman–Crippen MR) is 148 cm³/mol. The molecule has 7 nitrogen and oxygen atoms in total. The van der Waals surface area contributed by atoms with Gasteiger partial charge in [-0.25, -0.2) is 15.0 Å². The fraction of sp³-hybridized carbons (Fsp3) is 0.250. The number of alkyl halides is 3. The first-order valence-electron chi connectivity index (χ1n) is 12.6. The van der Waals surface area contributed by atoms with Gasteiger partial charge in [-0.15, -0.1) is 0 Å². The van der Waals surface area contributed by atoms with Crippen LogP contribution >= 0.6 is 11.3 Å². The second-order valence-corrected chi connectivity index (χ2v) is 10.3. The van der Waals surface area contributed by atoms with Crippen LogP contribution in [0, 0.1) is 0 Å². The number of anilines is 2. The fourth-order valence-corrected chi connectivity index (χ4v) is 5.29. The van der Waals surface area contributed by atoms with Crippen molar-refractivity contribution in [1.29, 1.82) is 0 Å². The van der Waals surface area contributed by atoms with Crippen LogP contribution in [0.15, 0.2) is 71.7 Å². The first-order chi connectivity index (χ1) is 18.8. The first-order valence-corrected chi connectivity index (χ1v) is 13.5. The van der Waals surface area contributed by atoms with Crippen LogP contribution in [-0.2, 0) is 12.7 Å². The summed E-state index contributed by atoms with van der Waals surface area (Å²) in [7, 11) is 2.13. The van der Waals surface area contributed by atoms with E-state index >= 15 is 0 Å². The van der Waals surface area contributed by atoms with Gasteiger partial charge in [-0.3, -0.25) is 4.57 Å². The standard InChI is InChI=1S/C28H26F3N7S/c1-36-10-12-37(13-11-36)22-7-5-20(6-8-22)25-34-26(32-16-19-3-2-4-21(15-19)28(29,30)31)24-27(35-25)38(18-33-24)23-9-14-39-17-23/h2-9,14-15,17-18H,10-13,16H2,1H3,(H,32,34,35). The summed E-state index contributed by atoms with van der Waals surface area (Å²) in [5.41, 5.74) is 3.90. The van der Waals surface area contributed by atoms with Crippen LogP contribution in [0.5, 0.6) is 0 Å². The van der Waals surface area contributed by atoms with E-state index in [0.29, 0.717) is 28.4 Å². The molecule has 39 heavy (non-hydrogen) atoms. The fourth-order valence-electron chi connectivity index (χ4n) is 4.67. The molecule has 5 aromatic rings. The molecular formula is C28H26F3N7S. The van der Waals surface area contributed by atoms with Gasteiger partial charge in [-0.1, -0.05) is 12.1 Å². The van der Waals surface area contributed by atoms with Gasteiger partial charge < -0.3 is 15.1 Å². The summed E-state index contributed by atoms with van der Waals surface area (Å²) in [6, 6.07) is 15.4. The average Bonchev–Trinajstić information content (AvgIpc) is 3.62. The average molecular weight is 550 g/mol. The number of aromatic nitrogens is 4. The van der Waals surface area contributed by atoms with Crippen molar-refractivity contribution in [2.24, 2.45) is 0 Å². The first kappa shape index (κ1) is 25.3. The number of imidazole rings is 1. The molecule has 11 heteroatoms. The smallest absolute Gasteiger partial charge is 0.369 e. The SMILES string of the molecule is CN1CCN(c2ccc(-c3nc(NCc4cccc(C(F)(F)F)c4)c4ncn(-c5ccsc5)c4n3)cc2)CC1. The van der Waals surface area contributed by atoms with E-state index < -0.39 is 11.7 Å². The van der Waals surface area contributed by atoms with Gasteiger partial charge in [-0.2, -0.15) is 24.5 Å². The maximum Gasteiger partial charge on any atom is 0.416 e. The third-order valence-corrected chi connectivity index (χ3v) is 7.56. The summed E-state index contributed by atoms with van der Waals surface area (Å²) in [6.07, 6.45) is -2.71. The molecular weight excluding hydrogens is 523 g/mol. The van der Waals surface area contributed by atoms with E-state index in [0.717, 1.165) is 55.2 Å². The molecule has 0 amide bonds. The van der Waals surface area contributed by atoms with Crippen LogP contribution in [0.25, 0.3) is 28.2 Å². The lowest BCUT2D eigenvalue weighted by Gasteiger charge is -2.34. The van der Waals surface area contributed by atoms with Gasteiger partial charge in [0.1, 0.15) is 6.33 Å². The Balaban J connectivity index is 1.34. The van der Waals surface area contributed by atoms with Crippen molar-refractivity contribution in [2.45, 2.75) is 12.7 Å². The van der Waals surface area contributed by atoms with Gasteiger partial charge >= 0.3 is 6.18 Å². The number of likely N-dealkylation sites (N-methyl/N-ethyl adjacent to an activating group) is 1. The lowest BCUT2D eigenvalue weighted by atomic mass is 10.1. The van der Waals surface area contributed by atoms with Gasteiger partial charge in [0.2, 0.25) is 0 Å². The van der Waals surface area contributed by atoms with E-state index in [1.54, 1.807) is 23.7 Å². The minimum absolute atomic E-state index is 0.156. The van der Waals surface area contributed by atoms with Crippen LogP contribution in [0.1, 0.15) is 11.1 Å². The maximum atomic E-state index is 13.2. The minimum atomic E-state index is -4.40. The van der Waals surface area contributed by atoms with Crippen LogP contribution in [0.3, 0.4) is 0 Å². The zero-order valence-corrected chi connectivity index (χ0v) is 22.0. The number of hydrogen-bond acceptors (Lipinski definition) is 7. The molecule has 0 bridgehead atoms. The summed E-state index contributed by atoms with van der Waals surface area (Å²) in [5, 5.41) is 7.20. The van der Waals surface area contributed by atoms with E-state index in [-0.39, 0.29) is 6.54 Å². The summed E-state index contributed by atoms with van der Waals surface area (Å²) < 4.78 is 41.6. The number of halogens is 3. The molecule has 1 aliphatic heterocycles. The molecule has 0 unspecified atom stereocenters. The number of rotatable bonds is 6. The molecule has 4 heterocycles. The Morgan fingerprint density at radius 1 is 0.949 bits per heavy atom. The van der Waals surface area contributed by atoms with Crippen molar-refractivity contribution >= 4 is 34.0 Å². The molecule has 0 saturated carbocycles. The highest BCUT2D eigenvalue weighted by atomic mass is 32.1. The van der Waals surface area contributed by atoms with Crippen LogP contribution < -0.4 is 10.2 Å². The van der Waals surface area contributed by atoms with E-state index in [1.807, 2.05) is 33.5 Å². The lowest BCUT2D eigenvalue weighted by molar-refractivity contribution is -0.137. The number of hydrogen-bond donors (Lipinski definition) is 1. The van der Waals surface area contributed by atoms with Crippen molar-refractivity contribution in [3.8, 4) is 17.1 Å². The summed E-state index contributed by atoms with van der Waals surface area (Å²) >= 11 is 1.57. The topological polar surface area (TPSA) is 62.1 Å². The molecule has 3 aromatic heterocycles. The number of benzene rings is 2. The summed E-state index contributed by atoms with van der Waals surface area (Å²) in [5.74, 6) is 0.973. The monoisotopic (exact) mass is 549 g/mol. The second kappa shape index (κ2) is 10.3. The zero-order chi connectivity index (χ0) is 27.0. The minimum Gasteiger partial charge on any atom is -0.369 e. The Labute approximate surface area is 227 Å². The molecule has 1 fully saturated rings. The number of thiophene rings is 1. The lowest BCUT2D eigenvalue weighted by Crippen LogP contribution is -2.44. The molecule has 1 N–H and O–H groups in total. The van der Waals surface area contributed by atoms with Crippen molar-refractivity contribution in [3.05, 3.63) is 82.8 Å². The third kappa shape index (κ3) is 5.32. The van der Waals surface area contributed by atoms with E-state index in [4.69, 9.17) is 9.97 Å². The van der Waals surface area contributed by atoms with Gasteiger partial charge in [0.05, 0.1) is 11.3 Å². The van der Waals surface area contributed by atoms with E-state index in [9.17, 15) is 13.2 Å². The van der Waals surface area contributed by atoms with Gasteiger partial charge in [0.25, 0.3) is 0 Å². The molecule has 2 aromatic carbocycles. The number of nitrogens with zero attached hydrogens (tertiary/aromatic N) is 6. The highest BCUT2D eigenvalue weighted by Gasteiger charge is 2.30. The number of fused-ring (bicyclic) bond motifs is 1. The van der Waals surface area contributed by atoms with E-state index in [1.165, 1.54) is 6.07 Å². The molecule has 0 aliphatic carbocycles. The second-order valence-electron chi connectivity index (χ2n) is 9.55. The summed E-state index contributed by atoms with van der Waals surface area (Å²) in [4.78, 5) is 18.9. The van der Waals surface area contributed by atoms with Crippen LogP contribution in [0.2, 0.25) is 0 Å². The summed E-state index contributed by atoms with van der Waals surface area (Å²) in [6.45, 7) is 4.15. The predicted octanol–water partition coefficient (Wildman–Crippen LogP) is 5.93. The highest BCUT2D eigenvalue weighted by Crippen LogP contribution is 2.31. The Kier molecular flexibility index (Phi) is 6.69. The molecule has 0 radical (unpaired) electrons. The van der Waals surface area contributed by atoms with Crippen molar-refractivity contribution in [1.82, 2.24) is 24.4 Å². The molecule has 6 rings (SSSR count). The number of piperazine rings is 1. The molecule has 0 spiro atoms. The molecule has 1 saturated heterocycles. The van der Waals surface area contributed by atoms with E-state index in [2.05, 4.69) is 39.3 Å². The maximum absolute atomic E-state index is 13.2. The van der Waals surface area contributed by atoms with Crippen LogP contribution in [0.4, 0.5) is 24.7 Å². The Morgan fingerprint density at radius 2 is 1.74 bits per heavy atom. The Morgan fingerprint density at radius 3 is 2.46 bits per heavy atom. The Hall–Kier alpha value is -3.96. The van der Waals surface area contributed by atoms with Gasteiger partial charge in [-0.05, 0) is 60.5 Å². The van der Waals surface area contributed by atoms with Gasteiger partial charge in [0, 0.05) is 49.4 Å². The molecule has 1 aliphatic rings. The van der Waals surface area contributed by atoms with Crippen molar-refractivity contribution in [2.75, 3.05) is 43.4 Å². The Bertz CT molecular complexity index is 1570. The highest BCUT2D eigenvalue weighted by molar-refractivity contribution is 7.08. The normalized spacial score (nSPS) is 14.7. The number of nitrogens with one attached hydrogen (secondary N) is 1. The zero-order valence-electron chi connectivity index (χ0n) is 21.2. The molecule has 0 atom stereocenters.